The van der Waals surface area contributed by atoms with Crippen molar-refractivity contribution < 1.29 is 8.42 Å². The molecule has 1 aromatic carbocycles. The molecule has 1 aromatic heterocycles. The van der Waals surface area contributed by atoms with Crippen LogP contribution in [-0.4, -0.2) is 29.6 Å². The SMILES string of the molecule is CCCS(=O)(=O)c1cccc(CCc2cn[nH]n2)c1. The normalized spacial score (nSPS) is 11.6. The molecule has 0 radical (unpaired) electrons. The number of rotatable bonds is 6. The van der Waals surface area contributed by atoms with Gasteiger partial charge < -0.3 is 0 Å². The molecule has 0 saturated heterocycles. The van der Waals surface area contributed by atoms with Crippen LogP contribution in [0.15, 0.2) is 35.4 Å². The van der Waals surface area contributed by atoms with Crippen molar-refractivity contribution in [3.8, 4) is 0 Å². The van der Waals surface area contributed by atoms with Gasteiger partial charge in [0.2, 0.25) is 0 Å². The molecule has 6 heteroatoms. The van der Waals surface area contributed by atoms with Crippen LogP contribution in [0, 0.1) is 0 Å². The summed E-state index contributed by atoms with van der Waals surface area (Å²) in [6, 6.07) is 7.14. The molecule has 0 aliphatic carbocycles. The molecule has 0 aliphatic heterocycles. The van der Waals surface area contributed by atoms with Gasteiger partial charge in [0, 0.05) is 0 Å². The van der Waals surface area contributed by atoms with E-state index in [-0.39, 0.29) is 5.75 Å². The number of aryl methyl sites for hydroxylation is 2. The van der Waals surface area contributed by atoms with E-state index in [1.54, 1.807) is 24.4 Å². The summed E-state index contributed by atoms with van der Waals surface area (Å²) >= 11 is 0. The first-order chi connectivity index (χ1) is 9.12. The van der Waals surface area contributed by atoms with Crippen molar-refractivity contribution in [1.29, 1.82) is 0 Å². The Labute approximate surface area is 113 Å². The third-order valence-electron chi connectivity index (χ3n) is 2.87. The summed E-state index contributed by atoms with van der Waals surface area (Å²) in [4.78, 5) is 0.409. The molecular formula is C13H17N3O2S. The third kappa shape index (κ3) is 3.64. The molecule has 5 nitrogen and oxygen atoms in total. The van der Waals surface area contributed by atoms with Crippen molar-refractivity contribution in [2.45, 2.75) is 31.1 Å². The van der Waals surface area contributed by atoms with Crippen LogP contribution < -0.4 is 0 Å². The molecule has 102 valence electrons. The zero-order valence-electron chi connectivity index (χ0n) is 10.8. The fourth-order valence-corrected chi connectivity index (χ4v) is 3.29. The molecule has 2 aromatic rings. The number of nitrogens with one attached hydrogen (secondary N) is 1. The smallest absolute Gasteiger partial charge is 0.178 e. The number of nitrogens with zero attached hydrogens (tertiary/aromatic N) is 2. The van der Waals surface area contributed by atoms with Gasteiger partial charge in [-0.2, -0.15) is 15.4 Å². The topological polar surface area (TPSA) is 75.7 Å². The fourth-order valence-electron chi connectivity index (χ4n) is 1.90. The number of benzene rings is 1. The highest BCUT2D eigenvalue weighted by molar-refractivity contribution is 7.91. The molecule has 1 heterocycles. The second-order valence-corrected chi connectivity index (χ2v) is 6.54. The third-order valence-corrected chi connectivity index (χ3v) is 4.78. The molecule has 0 aliphatic rings. The van der Waals surface area contributed by atoms with Crippen molar-refractivity contribution in [2.75, 3.05) is 5.75 Å². The Bertz CT molecular complexity index is 621. The van der Waals surface area contributed by atoms with Crippen LogP contribution >= 0.6 is 0 Å². The zero-order chi connectivity index (χ0) is 13.7. The van der Waals surface area contributed by atoms with Crippen molar-refractivity contribution in [3.63, 3.8) is 0 Å². The Hall–Kier alpha value is -1.69. The maximum Gasteiger partial charge on any atom is 0.178 e. The Morgan fingerprint density at radius 3 is 2.79 bits per heavy atom. The maximum absolute atomic E-state index is 12.0. The number of hydrogen-bond acceptors (Lipinski definition) is 4. The number of sulfone groups is 1. The van der Waals surface area contributed by atoms with Crippen molar-refractivity contribution >= 4 is 9.84 Å². The summed E-state index contributed by atoms with van der Waals surface area (Å²) in [5.41, 5.74) is 1.88. The lowest BCUT2D eigenvalue weighted by molar-refractivity contribution is 0.594. The van der Waals surface area contributed by atoms with E-state index in [9.17, 15) is 8.42 Å². The molecule has 0 unspecified atom stereocenters. The molecule has 0 fully saturated rings. The number of aromatic nitrogens is 3. The van der Waals surface area contributed by atoms with E-state index >= 15 is 0 Å². The Morgan fingerprint density at radius 1 is 1.26 bits per heavy atom. The molecule has 0 atom stereocenters. The summed E-state index contributed by atoms with van der Waals surface area (Å²) in [6.07, 6.45) is 3.80. The average Bonchev–Trinajstić information content (AvgIpc) is 2.90. The average molecular weight is 279 g/mol. The van der Waals surface area contributed by atoms with Gasteiger partial charge >= 0.3 is 0 Å². The van der Waals surface area contributed by atoms with Gasteiger partial charge in [-0.15, -0.1) is 0 Å². The van der Waals surface area contributed by atoms with Crippen LogP contribution in [0.2, 0.25) is 0 Å². The standard InChI is InChI=1S/C13H17N3O2S/c1-2-8-19(17,18)13-5-3-4-11(9-13)6-7-12-10-14-16-15-12/h3-5,9-10H,2,6-8H2,1H3,(H,14,15,16). The summed E-state index contributed by atoms with van der Waals surface area (Å²) in [5.74, 6) is 0.194. The Balaban J connectivity index is 2.11. The molecule has 2 rings (SSSR count). The maximum atomic E-state index is 12.0. The Kier molecular flexibility index (Phi) is 4.31. The molecule has 1 N–H and O–H groups in total. The van der Waals surface area contributed by atoms with Gasteiger partial charge in [0.1, 0.15) is 0 Å². The van der Waals surface area contributed by atoms with Gasteiger partial charge in [0.15, 0.2) is 9.84 Å². The van der Waals surface area contributed by atoms with Crippen molar-refractivity contribution in [2.24, 2.45) is 0 Å². The lowest BCUT2D eigenvalue weighted by Crippen LogP contribution is -2.06. The van der Waals surface area contributed by atoms with E-state index in [4.69, 9.17) is 0 Å². The second kappa shape index (κ2) is 5.97. The van der Waals surface area contributed by atoms with Gasteiger partial charge in [-0.3, -0.25) is 0 Å². The van der Waals surface area contributed by atoms with Gasteiger partial charge in [0.25, 0.3) is 0 Å². The monoisotopic (exact) mass is 279 g/mol. The van der Waals surface area contributed by atoms with Crippen LogP contribution in [0.3, 0.4) is 0 Å². The molecule has 0 spiro atoms. The number of H-pyrrole nitrogens is 1. The van der Waals surface area contributed by atoms with E-state index in [1.165, 1.54) is 0 Å². The highest BCUT2D eigenvalue weighted by Gasteiger charge is 2.13. The van der Waals surface area contributed by atoms with Gasteiger partial charge in [-0.25, -0.2) is 8.42 Å². The molecular weight excluding hydrogens is 262 g/mol. The second-order valence-electron chi connectivity index (χ2n) is 4.43. The van der Waals surface area contributed by atoms with Crippen LogP contribution in [0.5, 0.6) is 0 Å². The Morgan fingerprint density at radius 2 is 2.11 bits per heavy atom. The van der Waals surface area contributed by atoms with E-state index in [1.807, 2.05) is 13.0 Å². The van der Waals surface area contributed by atoms with Crippen molar-refractivity contribution in [1.82, 2.24) is 15.4 Å². The molecule has 19 heavy (non-hydrogen) atoms. The minimum absolute atomic E-state index is 0.194. The first-order valence-electron chi connectivity index (χ1n) is 6.28. The predicted octanol–water partition coefficient (Wildman–Crippen LogP) is 1.77. The number of hydrogen-bond donors (Lipinski definition) is 1. The quantitative estimate of drug-likeness (QED) is 0.874. The lowest BCUT2D eigenvalue weighted by Gasteiger charge is -2.05. The van der Waals surface area contributed by atoms with E-state index in [0.717, 1.165) is 24.1 Å². The fraction of sp³-hybridized carbons (Fsp3) is 0.385. The largest absolute Gasteiger partial charge is 0.224 e. The highest BCUT2D eigenvalue weighted by atomic mass is 32.2. The van der Waals surface area contributed by atoms with Crippen LogP contribution in [0.1, 0.15) is 24.6 Å². The zero-order valence-corrected chi connectivity index (χ0v) is 11.7. The summed E-state index contributed by atoms with van der Waals surface area (Å²) < 4.78 is 24.0. The highest BCUT2D eigenvalue weighted by Crippen LogP contribution is 2.15. The predicted molar refractivity (Wildman–Crippen MR) is 72.6 cm³/mol. The van der Waals surface area contributed by atoms with Gasteiger partial charge in [-0.05, 0) is 37.0 Å². The molecule has 0 saturated carbocycles. The first kappa shape index (κ1) is 13.7. The molecule has 0 bridgehead atoms. The van der Waals surface area contributed by atoms with Crippen LogP contribution in [0.4, 0.5) is 0 Å². The first-order valence-corrected chi connectivity index (χ1v) is 7.93. The van der Waals surface area contributed by atoms with Gasteiger partial charge in [-0.1, -0.05) is 19.1 Å². The minimum Gasteiger partial charge on any atom is -0.224 e. The summed E-state index contributed by atoms with van der Waals surface area (Å²) in [7, 11) is -3.14. The summed E-state index contributed by atoms with van der Waals surface area (Å²) in [5, 5.41) is 10.3. The lowest BCUT2D eigenvalue weighted by atomic mass is 10.1. The van der Waals surface area contributed by atoms with E-state index in [2.05, 4.69) is 15.4 Å². The van der Waals surface area contributed by atoms with E-state index < -0.39 is 9.84 Å². The summed E-state index contributed by atoms with van der Waals surface area (Å²) in [6.45, 7) is 1.87. The van der Waals surface area contributed by atoms with Crippen LogP contribution in [0.25, 0.3) is 0 Å². The van der Waals surface area contributed by atoms with Crippen LogP contribution in [-0.2, 0) is 22.7 Å². The van der Waals surface area contributed by atoms with Crippen molar-refractivity contribution in [3.05, 3.63) is 41.7 Å². The number of aromatic amines is 1. The molecule has 0 amide bonds. The van der Waals surface area contributed by atoms with E-state index in [0.29, 0.717) is 11.3 Å². The van der Waals surface area contributed by atoms with Gasteiger partial charge in [0.05, 0.1) is 22.5 Å². The minimum atomic E-state index is -3.14.